The van der Waals surface area contributed by atoms with Gasteiger partial charge in [-0.2, -0.15) is 5.10 Å². The zero-order valence-electron chi connectivity index (χ0n) is 18.6. The van der Waals surface area contributed by atoms with Crippen molar-refractivity contribution in [3.63, 3.8) is 0 Å². The van der Waals surface area contributed by atoms with Crippen molar-refractivity contribution in [1.29, 1.82) is 0 Å². The van der Waals surface area contributed by atoms with Crippen LogP contribution < -0.4 is 10.9 Å². The van der Waals surface area contributed by atoms with E-state index in [2.05, 4.69) is 15.4 Å². The van der Waals surface area contributed by atoms with Crippen molar-refractivity contribution in [1.82, 2.24) is 19.3 Å². The van der Waals surface area contributed by atoms with Gasteiger partial charge in [-0.1, -0.05) is 53.2 Å². The Labute approximate surface area is 200 Å². The van der Waals surface area contributed by atoms with E-state index in [-0.39, 0.29) is 17.2 Å². The Hall–Kier alpha value is -3.10. The van der Waals surface area contributed by atoms with E-state index in [0.717, 1.165) is 22.4 Å². The fraction of sp³-hybridized carbons (Fsp3) is 0.250. The van der Waals surface area contributed by atoms with Crippen molar-refractivity contribution >= 4 is 46.0 Å². The van der Waals surface area contributed by atoms with Crippen LogP contribution in [0.25, 0.3) is 11.0 Å². The lowest BCUT2D eigenvalue weighted by Crippen LogP contribution is -2.25. The fourth-order valence-electron chi connectivity index (χ4n) is 3.48. The molecule has 2 aromatic heterocycles. The van der Waals surface area contributed by atoms with Crippen LogP contribution in [0.2, 0.25) is 5.02 Å². The van der Waals surface area contributed by atoms with Gasteiger partial charge in [0, 0.05) is 17.3 Å². The highest BCUT2D eigenvalue weighted by Crippen LogP contribution is 2.21. The molecule has 33 heavy (non-hydrogen) atoms. The molecule has 0 atom stereocenters. The van der Waals surface area contributed by atoms with E-state index in [0.29, 0.717) is 34.3 Å². The highest BCUT2D eigenvalue weighted by atomic mass is 35.5. The van der Waals surface area contributed by atoms with Gasteiger partial charge in [-0.3, -0.25) is 18.8 Å². The molecular weight excluding hydrogens is 458 g/mol. The topological polar surface area (TPSA) is 81.8 Å². The summed E-state index contributed by atoms with van der Waals surface area (Å²) in [5.74, 6) is -0.0445. The van der Waals surface area contributed by atoms with Crippen LogP contribution in [-0.2, 0) is 17.9 Å². The number of aryl methyl sites for hydroxylation is 3. The van der Waals surface area contributed by atoms with Gasteiger partial charge in [0.2, 0.25) is 5.91 Å². The number of nitrogens with one attached hydrogen (secondary N) is 1. The Morgan fingerprint density at radius 1 is 1.15 bits per heavy atom. The second kappa shape index (κ2) is 9.80. The summed E-state index contributed by atoms with van der Waals surface area (Å²) in [6.45, 7) is 6.86. The van der Waals surface area contributed by atoms with Crippen molar-refractivity contribution in [3.05, 3.63) is 80.7 Å². The van der Waals surface area contributed by atoms with Crippen LogP contribution in [-0.4, -0.2) is 31.0 Å². The minimum atomic E-state index is -0.237. The van der Waals surface area contributed by atoms with Crippen molar-refractivity contribution in [2.24, 2.45) is 0 Å². The van der Waals surface area contributed by atoms with Gasteiger partial charge in [0.25, 0.3) is 5.56 Å². The summed E-state index contributed by atoms with van der Waals surface area (Å²) in [7, 11) is 0. The number of nitrogens with zero attached hydrogens (tertiary/aromatic N) is 4. The predicted molar refractivity (Wildman–Crippen MR) is 133 cm³/mol. The summed E-state index contributed by atoms with van der Waals surface area (Å²) in [6.07, 6.45) is 1.75. The zero-order chi connectivity index (χ0) is 23.5. The molecule has 0 saturated heterocycles. The molecule has 2 aromatic carbocycles. The van der Waals surface area contributed by atoms with Gasteiger partial charge in [0.1, 0.15) is 5.52 Å². The first-order valence-corrected chi connectivity index (χ1v) is 11.9. The zero-order valence-corrected chi connectivity index (χ0v) is 20.2. The van der Waals surface area contributed by atoms with E-state index in [1.54, 1.807) is 27.6 Å². The number of amides is 1. The number of benzene rings is 2. The first-order valence-electron chi connectivity index (χ1n) is 10.6. The second-order valence-electron chi connectivity index (χ2n) is 7.79. The normalized spacial score (nSPS) is 11.2. The summed E-state index contributed by atoms with van der Waals surface area (Å²) in [6, 6.07) is 13.2. The van der Waals surface area contributed by atoms with E-state index in [4.69, 9.17) is 11.6 Å². The molecule has 7 nitrogen and oxygen atoms in total. The molecule has 2 heterocycles. The molecule has 170 valence electrons. The summed E-state index contributed by atoms with van der Waals surface area (Å²) in [5, 5.41) is 8.40. The molecule has 0 radical (unpaired) electrons. The molecule has 4 rings (SSSR count). The molecule has 9 heteroatoms. The number of thioether (sulfide) groups is 1. The molecule has 0 bridgehead atoms. The maximum atomic E-state index is 13.3. The summed E-state index contributed by atoms with van der Waals surface area (Å²) >= 11 is 7.23. The second-order valence-corrected chi connectivity index (χ2v) is 9.16. The lowest BCUT2D eigenvalue weighted by molar-refractivity contribution is -0.113. The number of carbonyl (C=O) groups is 1. The lowest BCUT2D eigenvalue weighted by atomic mass is 10.1. The van der Waals surface area contributed by atoms with Crippen molar-refractivity contribution in [2.75, 3.05) is 11.1 Å². The van der Waals surface area contributed by atoms with Gasteiger partial charge >= 0.3 is 0 Å². The smallest absolute Gasteiger partial charge is 0.282 e. The van der Waals surface area contributed by atoms with Crippen molar-refractivity contribution < 1.29 is 4.79 Å². The third kappa shape index (κ3) is 5.29. The molecule has 0 spiro atoms. The molecule has 0 aliphatic heterocycles. The molecule has 0 aliphatic carbocycles. The molecule has 4 aromatic rings. The number of aromatic nitrogens is 4. The molecule has 0 unspecified atom stereocenters. The minimum Gasteiger partial charge on any atom is -0.325 e. The number of anilines is 1. The van der Waals surface area contributed by atoms with Gasteiger partial charge in [-0.05, 0) is 50.1 Å². The van der Waals surface area contributed by atoms with Crippen LogP contribution in [0.15, 0.2) is 58.6 Å². The van der Waals surface area contributed by atoms with Crippen LogP contribution in [0.1, 0.15) is 23.6 Å². The Morgan fingerprint density at radius 2 is 1.91 bits per heavy atom. The summed E-state index contributed by atoms with van der Waals surface area (Å²) < 4.78 is 3.25. The molecule has 0 aliphatic rings. The number of fused-ring (bicyclic) bond motifs is 1. The van der Waals surface area contributed by atoms with E-state index in [1.165, 1.54) is 11.8 Å². The number of halogens is 1. The van der Waals surface area contributed by atoms with Gasteiger partial charge in [-0.25, -0.2) is 4.98 Å². The molecule has 0 saturated carbocycles. The number of carbonyl (C=O) groups excluding carboxylic acids is 1. The van der Waals surface area contributed by atoms with E-state index < -0.39 is 0 Å². The Morgan fingerprint density at radius 3 is 2.61 bits per heavy atom. The molecular formula is C24H24ClN5O2S. The van der Waals surface area contributed by atoms with Gasteiger partial charge in [0.05, 0.1) is 18.5 Å². The van der Waals surface area contributed by atoms with Crippen LogP contribution in [0.4, 0.5) is 5.69 Å². The predicted octanol–water partition coefficient (Wildman–Crippen LogP) is 4.66. The highest BCUT2D eigenvalue weighted by molar-refractivity contribution is 7.99. The van der Waals surface area contributed by atoms with Crippen molar-refractivity contribution in [2.45, 2.75) is 39.0 Å². The van der Waals surface area contributed by atoms with Gasteiger partial charge in [0.15, 0.2) is 10.7 Å². The molecule has 1 amide bonds. The molecule has 0 fully saturated rings. The monoisotopic (exact) mass is 481 g/mol. The number of hydrogen-bond donors (Lipinski definition) is 1. The van der Waals surface area contributed by atoms with Gasteiger partial charge < -0.3 is 5.32 Å². The average Bonchev–Trinajstić information content (AvgIpc) is 3.21. The lowest BCUT2D eigenvalue weighted by Gasteiger charge is -2.12. The van der Waals surface area contributed by atoms with Crippen LogP contribution in [0.3, 0.4) is 0 Å². The largest absolute Gasteiger partial charge is 0.325 e. The maximum Gasteiger partial charge on any atom is 0.282 e. The van der Waals surface area contributed by atoms with E-state index >= 15 is 0 Å². The van der Waals surface area contributed by atoms with Crippen LogP contribution in [0, 0.1) is 13.8 Å². The minimum absolute atomic E-state index is 0.119. The Kier molecular flexibility index (Phi) is 6.85. The third-order valence-electron chi connectivity index (χ3n) is 5.20. The summed E-state index contributed by atoms with van der Waals surface area (Å²) in [4.78, 5) is 30.6. The number of hydrogen-bond acceptors (Lipinski definition) is 5. The van der Waals surface area contributed by atoms with E-state index in [1.807, 2.05) is 51.1 Å². The SMILES string of the molecule is CCn1cc2nc(SCC(=O)Nc3ccc(C)cc3C)n(Cc3ccc(Cl)cc3)c(=O)c2n1. The maximum absolute atomic E-state index is 13.3. The van der Waals surface area contributed by atoms with Crippen LogP contribution in [0.5, 0.6) is 0 Å². The standard InChI is InChI=1S/C24H24ClN5O2S/c1-4-29-13-20-22(28-29)23(32)30(12-17-6-8-18(25)9-7-17)24(27-20)33-14-21(31)26-19-10-5-15(2)11-16(19)3/h5-11,13H,4,12,14H2,1-3H3,(H,26,31). The van der Waals surface area contributed by atoms with Crippen molar-refractivity contribution in [3.8, 4) is 0 Å². The molecule has 1 N–H and O–H groups in total. The Balaban J connectivity index is 1.62. The Bertz CT molecular complexity index is 1380. The van der Waals surface area contributed by atoms with E-state index in [9.17, 15) is 9.59 Å². The van der Waals surface area contributed by atoms with Crippen LogP contribution >= 0.6 is 23.4 Å². The average molecular weight is 482 g/mol. The third-order valence-corrected chi connectivity index (χ3v) is 6.43. The summed E-state index contributed by atoms with van der Waals surface area (Å²) in [5.41, 5.74) is 4.41. The first kappa shape index (κ1) is 23.1. The first-order chi connectivity index (χ1) is 15.8. The fourth-order valence-corrected chi connectivity index (χ4v) is 4.40. The van der Waals surface area contributed by atoms with Gasteiger partial charge in [-0.15, -0.1) is 0 Å². The highest BCUT2D eigenvalue weighted by Gasteiger charge is 2.17. The number of rotatable bonds is 7. The quantitative estimate of drug-likeness (QED) is 0.306.